The molecule has 0 spiro atoms. The zero-order valence-corrected chi connectivity index (χ0v) is 15.2. The SMILES string of the molecule is C=CC(=O)N1CCC[C@@H]1c1cccc(CC(=O)Nc2cccc(Cl)c2)c1. The summed E-state index contributed by atoms with van der Waals surface area (Å²) in [6.07, 6.45) is 3.53. The molecule has 2 aromatic rings. The quantitative estimate of drug-likeness (QED) is 0.796. The number of carbonyl (C=O) groups excluding carboxylic acids is 2. The van der Waals surface area contributed by atoms with Crippen molar-refractivity contribution in [2.45, 2.75) is 25.3 Å². The zero-order chi connectivity index (χ0) is 18.5. The van der Waals surface area contributed by atoms with Gasteiger partial charge in [-0.3, -0.25) is 9.59 Å². The molecule has 1 heterocycles. The van der Waals surface area contributed by atoms with E-state index in [1.165, 1.54) is 6.08 Å². The van der Waals surface area contributed by atoms with Gasteiger partial charge >= 0.3 is 0 Å². The van der Waals surface area contributed by atoms with Gasteiger partial charge < -0.3 is 10.2 Å². The smallest absolute Gasteiger partial charge is 0.246 e. The minimum absolute atomic E-state index is 0.0448. The van der Waals surface area contributed by atoms with Crippen molar-refractivity contribution in [2.75, 3.05) is 11.9 Å². The van der Waals surface area contributed by atoms with Crippen LogP contribution >= 0.6 is 11.6 Å². The predicted molar refractivity (Wildman–Crippen MR) is 104 cm³/mol. The molecule has 0 saturated carbocycles. The molecular weight excluding hydrogens is 348 g/mol. The van der Waals surface area contributed by atoms with Crippen molar-refractivity contribution in [1.29, 1.82) is 0 Å². The van der Waals surface area contributed by atoms with Crippen LogP contribution in [0, 0.1) is 0 Å². The van der Waals surface area contributed by atoms with E-state index in [1.54, 1.807) is 24.3 Å². The van der Waals surface area contributed by atoms with Crippen LogP contribution in [0.4, 0.5) is 5.69 Å². The van der Waals surface area contributed by atoms with E-state index in [-0.39, 0.29) is 24.3 Å². The lowest BCUT2D eigenvalue weighted by Gasteiger charge is -2.24. The van der Waals surface area contributed by atoms with Crippen LogP contribution in [0.1, 0.15) is 30.0 Å². The second-order valence-corrected chi connectivity index (χ2v) is 6.81. The number of hydrogen-bond donors (Lipinski definition) is 1. The maximum atomic E-state index is 12.3. The van der Waals surface area contributed by atoms with E-state index in [1.807, 2.05) is 29.2 Å². The molecule has 0 radical (unpaired) electrons. The second kappa shape index (κ2) is 8.19. The van der Waals surface area contributed by atoms with Crippen LogP contribution in [-0.2, 0) is 16.0 Å². The van der Waals surface area contributed by atoms with Gasteiger partial charge in [0.05, 0.1) is 12.5 Å². The van der Waals surface area contributed by atoms with Crippen LogP contribution in [0.15, 0.2) is 61.2 Å². The number of halogens is 1. The van der Waals surface area contributed by atoms with Crippen LogP contribution in [0.25, 0.3) is 0 Å². The monoisotopic (exact) mass is 368 g/mol. The first-order valence-electron chi connectivity index (χ1n) is 8.64. The van der Waals surface area contributed by atoms with Crippen LogP contribution in [0.5, 0.6) is 0 Å². The molecule has 1 aliphatic heterocycles. The molecule has 26 heavy (non-hydrogen) atoms. The van der Waals surface area contributed by atoms with Gasteiger partial charge in [0.25, 0.3) is 0 Å². The molecule has 1 atom stereocenters. The number of nitrogens with zero attached hydrogens (tertiary/aromatic N) is 1. The summed E-state index contributed by atoms with van der Waals surface area (Å²) in [5, 5.41) is 3.44. The molecule has 1 N–H and O–H groups in total. The molecule has 0 aliphatic carbocycles. The average Bonchev–Trinajstić information content (AvgIpc) is 3.11. The fraction of sp³-hybridized carbons (Fsp3) is 0.238. The number of amides is 2. The third-order valence-electron chi connectivity index (χ3n) is 4.52. The number of anilines is 1. The predicted octanol–water partition coefficient (Wildman–Crippen LogP) is 4.37. The molecule has 1 fully saturated rings. The fourth-order valence-electron chi connectivity index (χ4n) is 3.36. The van der Waals surface area contributed by atoms with Crippen molar-refractivity contribution in [3.05, 3.63) is 77.3 Å². The van der Waals surface area contributed by atoms with Gasteiger partial charge in [0, 0.05) is 17.3 Å². The van der Waals surface area contributed by atoms with E-state index < -0.39 is 0 Å². The lowest BCUT2D eigenvalue weighted by Crippen LogP contribution is -2.28. The maximum Gasteiger partial charge on any atom is 0.246 e. The lowest BCUT2D eigenvalue weighted by molar-refractivity contribution is -0.126. The summed E-state index contributed by atoms with van der Waals surface area (Å²) in [6, 6.07) is 15.0. The van der Waals surface area contributed by atoms with E-state index in [0.29, 0.717) is 10.7 Å². The summed E-state index contributed by atoms with van der Waals surface area (Å²) in [5.41, 5.74) is 2.66. The molecule has 2 amide bonds. The molecule has 5 heteroatoms. The molecule has 0 unspecified atom stereocenters. The Hall–Kier alpha value is -2.59. The molecule has 0 bridgehead atoms. The number of hydrogen-bond acceptors (Lipinski definition) is 2. The Balaban J connectivity index is 1.70. The molecular formula is C21H21ClN2O2. The van der Waals surface area contributed by atoms with Gasteiger partial charge in [0.2, 0.25) is 11.8 Å². The molecule has 134 valence electrons. The van der Waals surface area contributed by atoms with Crippen LogP contribution < -0.4 is 5.32 Å². The summed E-state index contributed by atoms with van der Waals surface area (Å²) >= 11 is 5.94. The highest BCUT2D eigenvalue weighted by molar-refractivity contribution is 6.30. The maximum absolute atomic E-state index is 12.3. The topological polar surface area (TPSA) is 49.4 Å². The normalized spacial score (nSPS) is 16.3. The fourth-order valence-corrected chi connectivity index (χ4v) is 3.55. The molecule has 3 rings (SSSR count). The van der Waals surface area contributed by atoms with E-state index in [4.69, 9.17) is 11.6 Å². The number of benzene rings is 2. The van der Waals surface area contributed by atoms with Crippen molar-refractivity contribution in [1.82, 2.24) is 4.90 Å². The molecule has 4 nitrogen and oxygen atoms in total. The summed E-state index contributed by atoms with van der Waals surface area (Å²) in [4.78, 5) is 26.2. The number of likely N-dealkylation sites (tertiary alicyclic amines) is 1. The van der Waals surface area contributed by atoms with Crippen LogP contribution in [0.3, 0.4) is 0 Å². The van der Waals surface area contributed by atoms with Gasteiger partial charge in [0.15, 0.2) is 0 Å². The van der Waals surface area contributed by atoms with Crippen molar-refractivity contribution < 1.29 is 9.59 Å². The Morgan fingerprint density at radius 2 is 2.04 bits per heavy atom. The first kappa shape index (κ1) is 18.2. The molecule has 1 aliphatic rings. The second-order valence-electron chi connectivity index (χ2n) is 6.37. The Bertz CT molecular complexity index is 834. The van der Waals surface area contributed by atoms with Crippen molar-refractivity contribution in [3.8, 4) is 0 Å². The highest BCUT2D eigenvalue weighted by atomic mass is 35.5. The number of carbonyl (C=O) groups is 2. The van der Waals surface area contributed by atoms with Gasteiger partial charge in [0.1, 0.15) is 0 Å². The Labute approximate surface area is 158 Å². The lowest BCUT2D eigenvalue weighted by atomic mass is 10.0. The van der Waals surface area contributed by atoms with Crippen molar-refractivity contribution in [3.63, 3.8) is 0 Å². The van der Waals surface area contributed by atoms with Gasteiger partial charge in [-0.05, 0) is 48.2 Å². The first-order chi connectivity index (χ1) is 12.6. The zero-order valence-electron chi connectivity index (χ0n) is 14.5. The standard InChI is InChI=1S/C21H21ClN2O2/c1-2-21(26)24-11-5-10-19(24)16-7-3-6-15(12-16)13-20(25)23-18-9-4-8-17(22)14-18/h2-4,6-9,12,14,19H,1,5,10-11,13H2,(H,23,25)/t19-/m1/s1. The number of rotatable bonds is 5. The Morgan fingerprint density at radius 1 is 1.23 bits per heavy atom. The third-order valence-corrected chi connectivity index (χ3v) is 4.75. The van der Waals surface area contributed by atoms with Gasteiger partial charge in [-0.2, -0.15) is 0 Å². The van der Waals surface area contributed by atoms with E-state index in [9.17, 15) is 9.59 Å². The summed E-state index contributed by atoms with van der Waals surface area (Å²) < 4.78 is 0. The Kier molecular flexibility index (Phi) is 5.74. The molecule has 2 aromatic carbocycles. The summed E-state index contributed by atoms with van der Waals surface area (Å²) in [6.45, 7) is 4.33. The van der Waals surface area contributed by atoms with Gasteiger partial charge in [-0.1, -0.05) is 48.5 Å². The van der Waals surface area contributed by atoms with Crippen LogP contribution in [0.2, 0.25) is 5.02 Å². The highest BCUT2D eigenvalue weighted by Crippen LogP contribution is 2.32. The molecule has 1 saturated heterocycles. The summed E-state index contributed by atoms with van der Waals surface area (Å²) in [5.74, 6) is -0.147. The van der Waals surface area contributed by atoms with Crippen molar-refractivity contribution >= 4 is 29.1 Å². The average molecular weight is 369 g/mol. The minimum atomic E-state index is -0.102. The number of nitrogens with one attached hydrogen (secondary N) is 1. The van der Waals surface area contributed by atoms with Crippen LogP contribution in [-0.4, -0.2) is 23.3 Å². The largest absolute Gasteiger partial charge is 0.332 e. The van der Waals surface area contributed by atoms with Gasteiger partial charge in [-0.15, -0.1) is 0 Å². The Morgan fingerprint density at radius 3 is 2.81 bits per heavy atom. The minimum Gasteiger partial charge on any atom is -0.332 e. The highest BCUT2D eigenvalue weighted by Gasteiger charge is 2.28. The van der Waals surface area contributed by atoms with Gasteiger partial charge in [-0.25, -0.2) is 0 Å². The third kappa shape index (κ3) is 4.33. The summed E-state index contributed by atoms with van der Waals surface area (Å²) in [7, 11) is 0. The van der Waals surface area contributed by atoms with Crippen molar-refractivity contribution in [2.24, 2.45) is 0 Å². The first-order valence-corrected chi connectivity index (χ1v) is 9.02. The van der Waals surface area contributed by atoms with E-state index >= 15 is 0 Å². The van der Waals surface area contributed by atoms with E-state index in [0.717, 1.165) is 30.5 Å². The molecule has 0 aromatic heterocycles. The van der Waals surface area contributed by atoms with E-state index in [2.05, 4.69) is 11.9 Å².